The van der Waals surface area contributed by atoms with Crippen molar-refractivity contribution in [3.63, 3.8) is 0 Å². The van der Waals surface area contributed by atoms with Crippen LogP contribution in [0.25, 0.3) is 0 Å². The second-order valence-corrected chi connectivity index (χ2v) is 6.78. The second-order valence-electron chi connectivity index (χ2n) is 6.49. The van der Waals surface area contributed by atoms with Crippen LogP contribution in [0.4, 0.5) is 27.4 Å². The zero-order valence-electron chi connectivity index (χ0n) is 16.4. The summed E-state index contributed by atoms with van der Waals surface area (Å²) in [4.78, 5) is 11.6. The van der Waals surface area contributed by atoms with Crippen molar-refractivity contribution in [2.75, 3.05) is 6.61 Å². The summed E-state index contributed by atoms with van der Waals surface area (Å²) in [5.74, 6) is 0.807. The first-order valence-electron chi connectivity index (χ1n) is 8.96. The Balaban J connectivity index is -0.000000625. The van der Waals surface area contributed by atoms with E-state index in [0.29, 0.717) is 5.92 Å². The van der Waals surface area contributed by atoms with Crippen molar-refractivity contribution in [3.05, 3.63) is 29.8 Å². The average molecular weight is 455 g/mol. The van der Waals surface area contributed by atoms with E-state index < -0.39 is 5.97 Å². The maximum atomic E-state index is 12.0. The molecule has 1 aromatic carbocycles. The number of halogens is 6. The van der Waals surface area contributed by atoms with Crippen LogP contribution in [0.5, 0.6) is 5.75 Å². The van der Waals surface area contributed by atoms with Crippen molar-refractivity contribution in [1.29, 1.82) is 0 Å². The summed E-state index contributed by atoms with van der Waals surface area (Å²) in [5.41, 5.74) is 1.29. The number of hydrogen-bond donors (Lipinski definition) is 0. The van der Waals surface area contributed by atoms with Gasteiger partial charge < -0.3 is 8.92 Å². The molecule has 0 unspecified atom stereocenters. The molecular formula is C19H32F6O3S. The molecule has 1 saturated carbocycles. The molecule has 2 rings (SSSR count). The predicted molar refractivity (Wildman–Crippen MR) is 108 cm³/mol. The predicted octanol–water partition coefficient (Wildman–Crippen LogP) is 6.76. The lowest BCUT2D eigenvalue weighted by Crippen LogP contribution is -2.21. The van der Waals surface area contributed by atoms with E-state index in [4.69, 9.17) is 4.74 Å². The van der Waals surface area contributed by atoms with Crippen LogP contribution in [0.15, 0.2) is 24.3 Å². The number of hydrogen-bond acceptors (Lipinski definition) is 4. The minimum absolute atomic E-state index is 0. The van der Waals surface area contributed by atoms with Crippen LogP contribution >= 0.6 is 12.4 Å². The van der Waals surface area contributed by atoms with Gasteiger partial charge in [0, 0.05) is 0 Å². The van der Waals surface area contributed by atoms with E-state index in [-0.39, 0.29) is 41.9 Å². The largest absolute Gasteiger partial charge is 0.494 e. The Morgan fingerprint density at radius 2 is 1.55 bits per heavy atom. The van der Waals surface area contributed by atoms with E-state index in [2.05, 4.69) is 23.2 Å². The van der Waals surface area contributed by atoms with Crippen LogP contribution in [-0.4, -0.2) is 12.6 Å². The number of unbranched alkanes of at least 4 members (excludes halogenated alkanes) is 3. The molecule has 0 heterocycles. The number of rotatable bonds is 9. The van der Waals surface area contributed by atoms with Gasteiger partial charge in [0.05, 0.1) is 12.5 Å². The van der Waals surface area contributed by atoms with Gasteiger partial charge >= 0.3 is 5.97 Å². The van der Waals surface area contributed by atoms with Crippen LogP contribution in [0.3, 0.4) is 0 Å². The molecule has 0 spiro atoms. The molecule has 29 heavy (non-hydrogen) atoms. The van der Waals surface area contributed by atoms with Gasteiger partial charge in [0.2, 0.25) is 0 Å². The smallest absolute Gasteiger partial charge is 0.323 e. The van der Waals surface area contributed by atoms with Crippen molar-refractivity contribution < 1.29 is 41.1 Å². The zero-order chi connectivity index (χ0) is 17.2. The fourth-order valence-electron chi connectivity index (χ4n) is 3.32. The zero-order valence-corrected chi connectivity index (χ0v) is 17.2. The summed E-state index contributed by atoms with van der Waals surface area (Å²) in [6.45, 7) is 2.98. The number of benzene rings is 1. The molecule has 0 aliphatic heterocycles. The highest BCUT2D eigenvalue weighted by atomic mass is 32.2. The summed E-state index contributed by atoms with van der Waals surface area (Å²) >= 11 is -0.351. The molecule has 3 nitrogen and oxygen atoms in total. The molecule has 0 amide bonds. The first kappa shape index (κ1) is 34.9. The molecule has 0 N–H and O–H groups in total. The van der Waals surface area contributed by atoms with Crippen molar-refractivity contribution >= 4 is 18.4 Å². The molecule has 1 aliphatic carbocycles. The lowest BCUT2D eigenvalue weighted by atomic mass is 9.79. The van der Waals surface area contributed by atoms with E-state index in [1.807, 2.05) is 12.1 Å². The Labute approximate surface area is 172 Å². The highest BCUT2D eigenvalue weighted by molar-refractivity contribution is 7.89. The average Bonchev–Trinajstić information content (AvgIpc) is 2.62. The van der Waals surface area contributed by atoms with Gasteiger partial charge in [0.25, 0.3) is 12.4 Å². The molecule has 1 fully saturated rings. The molecule has 0 atom stereocenters. The molecule has 0 aromatic heterocycles. The van der Waals surface area contributed by atoms with Crippen LogP contribution < -0.4 is 4.74 Å². The molecule has 0 bridgehead atoms. The highest BCUT2D eigenvalue weighted by Crippen LogP contribution is 2.37. The Morgan fingerprint density at radius 1 is 0.966 bits per heavy atom. The van der Waals surface area contributed by atoms with Crippen molar-refractivity contribution in [2.45, 2.75) is 64.2 Å². The Hall–Kier alpha value is -1.58. The first-order valence-corrected chi connectivity index (χ1v) is 9.60. The van der Waals surface area contributed by atoms with E-state index in [0.717, 1.165) is 44.5 Å². The van der Waals surface area contributed by atoms with Crippen LogP contribution in [0.1, 0.15) is 69.8 Å². The molecule has 174 valence electrons. The van der Waals surface area contributed by atoms with Crippen LogP contribution in [0.2, 0.25) is 0 Å². The molecule has 0 saturated heterocycles. The summed E-state index contributed by atoms with van der Waals surface area (Å²) in [6.07, 6.45) is 8.24. The summed E-state index contributed by atoms with van der Waals surface area (Å²) < 4.78 is 22.2. The third kappa shape index (κ3) is 11.9. The fourth-order valence-corrected chi connectivity index (χ4v) is 3.51. The van der Waals surface area contributed by atoms with Gasteiger partial charge in [-0.2, -0.15) is 0 Å². The lowest BCUT2D eigenvalue weighted by molar-refractivity contribution is -0.138. The van der Waals surface area contributed by atoms with Crippen molar-refractivity contribution in [1.82, 2.24) is 0 Å². The SMILES string of the molecule is CCCCCCOc1ccc(C2CCC(C(=O)OSF)CC2)cc1.F.F.F.F.F. The van der Waals surface area contributed by atoms with Gasteiger partial charge in [-0.25, -0.2) is 0 Å². The molecule has 1 aliphatic rings. The quantitative estimate of drug-likeness (QED) is 0.235. The lowest BCUT2D eigenvalue weighted by Gasteiger charge is -2.27. The number of carbonyl (C=O) groups is 1. The minimum Gasteiger partial charge on any atom is -0.494 e. The monoisotopic (exact) mass is 454 g/mol. The summed E-state index contributed by atoms with van der Waals surface area (Å²) in [6, 6.07) is 8.33. The minimum atomic E-state index is -0.423. The Kier molecular flexibility index (Phi) is 23.7. The second kappa shape index (κ2) is 19.7. The maximum Gasteiger partial charge on any atom is 0.323 e. The van der Waals surface area contributed by atoms with Crippen LogP contribution in [-0.2, 0) is 8.98 Å². The van der Waals surface area contributed by atoms with Crippen LogP contribution in [0, 0.1) is 5.92 Å². The van der Waals surface area contributed by atoms with Crippen molar-refractivity contribution in [3.8, 4) is 5.75 Å². The van der Waals surface area contributed by atoms with Crippen molar-refractivity contribution in [2.24, 2.45) is 5.92 Å². The molecule has 1 aromatic rings. The first-order chi connectivity index (χ1) is 11.7. The van der Waals surface area contributed by atoms with Gasteiger partial charge in [0.1, 0.15) is 5.75 Å². The third-order valence-electron chi connectivity index (χ3n) is 4.79. The number of carbonyl (C=O) groups excluding carboxylic acids is 1. The number of ether oxygens (including phenoxy) is 1. The van der Waals surface area contributed by atoms with Gasteiger partial charge in [-0.3, -0.25) is 28.3 Å². The highest BCUT2D eigenvalue weighted by Gasteiger charge is 2.28. The maximum absolute atomic E-state index is 12.0. The van der Waals surface area contributed by atoms with Gasteiger partial charge in [-0.05, 0) is 55.7 Å². The van der Waals surface area contributed by atoms with Gasteiger partial charge in [-0.15, -0.1) is 3.89 Å². The van der Waals surface area contributed by atoms with E-state index in [1.54, 1.807) is 0 Å². The summed E-state index contributed by atoms with van der Waals surface area (Å²) in [5, 5.41) is 0. The summed E-state index contributed by atoms with van der Waals surface area (Å²) in [7, 11) is 0. The Bertz CT molecular complexity index is 499. The molecular weight excluding hydrogens is 422 g/mol. The van der Waals surface area contributed by atoms with E-state index in [9.17, 15) is 8.68 Å². The van der Waals surface area contributed by atoms with Gasteiger partial charge in [-0.1, -0.05) is 38.3 Å². The Morgan fingerprint density at radius 3 is 2.07 bits per heavy atom. The molecule has 0 radical (unpaired) electrons. The van der Waals surface area contributed by atoms with Gasteiger partial charge in [0.15, 0.2) is 0 Å². The third-order valence-corrected chi connectivity index (χ3v) is 5.02. The normalized spacial score (nSPS) is 17.0. The topological polar surface area (TPSA) is 35.5 Å². The standard InChI is InChI=1S/C19H27FO3S.5FH/c1-2-3-4-5-14-22-18-12-10-16(11-13-18)15-6-8-17(9-7-15)19(21)23-24-20;;;;;/h10-13,15,17H,2-9,14H2,1H3;5*1H. The fraction of sp³-hybridized carbons (Fsp3) is 0.632. The van der Waals surface area contributed by atoms with E-state index in [1.165, 1.54) is 24.8 Å². The molecule has 10 heteroatoms. The van der Waals surface area contributed by atoms with E-state index >= 15 is 0 Å².